The molecule has 0 bridgehead atoms. The molecule has 0 spiro atoms. The van der Waals surface area contributed by atoms with Crippen molar-refractivity contribution >= 4 is 44.5 Å². The van der Waals surface area contributed by atoms with Gasteiger partial charge in [0.2, 0.25) is 5.91 Å². The Morgan fingerprint density at radius 2 is 1.76 bits per heavy atom. The highest BCUT2D eigenvalue weighted by molar-refractivity contribution is 7.92. The van der Waals surface area contributed by atoms with E-state index in [2.05, 4.69) is 10.3 Å². The van der Waals surface area contributed by atoms with Gasteiger partial charge in [0.15, 0.2) is 15.4 Å². The minimum absolute atomic E-state index is 0.0650. The van der Waals surface area contributed by atoms with E-state index in [1.807, 2.05) is 43.3 Å². The second-order valence-electron chi connectivity index (χ2n) is 12.0. The number of carbonyl (C=O) groups is 2. The minimum atomic E-state index is -3.67. The number of oxazole rings is 1. The lowest BCUT2D eigenvalue weighted by molar-refractivity contribution is -0.144. The van der Waals surface area contributed by atoms with Crippen LogP contribution < -0.4 is 5.32 Å². The minimum Gasteiger partial charge on any atom is -0.481 e. The Hall–Kier alpha value is -4.22. The summed E-state index contributed by atoms with van der Waals surface area (Å²) in [5.41, 5.74) is 3.86. The van der Waals surface area contributed by atoms with Gasteiger partial charge < -0.3 is 24.5 Å². The van der Waals surface area contributed by atoms with Gasteiger partial charge in [0.05, 0.1) is 41.2 Å². The fourth-order valence-corrected chi connectivity index (χ4v) is 8.08. The van der Waals surface area contributed by atoms with Gasteiger partial charge in [-0.3, -0.25) is 9.59 Å². The number of hydrogen-bond donors (Lipinski definition) is 2. The molecule has 2 fully saturated rings. The molecule has 4 aromatic rings. The first-order chi connectivity index (χ1) is 21.7. The van der Waals surface area contributed by atoms with E-state index >= 15 is 0 Å². The fraction of sp³-hybridized carbons (Fsp3) is 0.382. The summed E-state index contributed by atoms with van der Waals surface area (Å²) >= 11 is 0. The normalized spacial score (nSPS) is 22.0. The van der Waals surface area contributed by atoms with Crippen LogP contribution in [-0.4, -0.2) is 65.8 Å². The fourth-order valence-electron chi connectivity index (χ4n) is 6.33. The lowest BCUT2D eigenvalue weighted by Gasteiger charge is -2.30. The van der Waals surface area contributed by atoms with Gasteiger partial charge in [-0.1, -0.05) is 42.5 Å². The molecule has 0 unspecified atom stereocenters. The molecule has 45 heavy (non-hydrogen) atoms. The zero-order valence-electron chi connectivity index (χ0n) is 25.1. The van der Waals surface area contributed by atoms with Crippen molar-refractivity contribution in [2.45, 2.75) is 67.7 Å². The predicted octanol–water partition coefficient (Wildman–Crippen LogP) is 5.53. The van der Waals surface area contributed by atoms with Gasteiger partial charge in [-0.25, -0.2) is 8.42 Å². The number of aliphatic carboxylic acids is 1. The van der Waals surface area contributed by atoms with Gasteiger partial charge in [0.1, 0.15) is 5.52 Å². The number of likely N-dealkylation sites (tertiary alicyclic amines) is 1. The van der Waals surface area contributed by atoms with Crippen LogP contribution in [0, 0.1) is 12.8 Å². The molecule has 2 N–H and O–H groups in total. The third kappa shape index (κ3) is 6.89. The highest BCUT2D eigenvalue weighted by Gasteiger charge is 2.42. The molecular formula is C34H37N3O7S. The third-order valence-corrected chi connectivity index (χ3v) is 11.1. The number of carboxylic acids is 1. The van der Waals surface area contributed by atoms with Crippen LogP contribution in [0.3, 0.4) is 0 Å². The highest BCUT2D eigenvalue weighted by atomic mass is 32.2. The number of anilines is 2. The molecule has 0 radical (unpaired) electrons. The standard InChI is InChI=1S/C34H37N3O7S/c1-22-7-5-6-10-29(22)35-34-36-30-16-11-23(17-31(30)44-34)18-32(38)37-20-28(45(41,42)27-8-3-2-4-9-27)19-25(37)21-43-26-14-12-24(13-15-26)33(39)40/h2-11,16-17,24-26,28H,12-15,18-21H2,1H3,(H,35,36)(H,39,40)/t24-,25-,26-,28-/m0/s1. The average Bonchev–Trinajstić information content (AvgIpc) is 3.66. The summed E-state index contributed by atoms with van der Waals surface area (Å²) < 4.78 is 39.3. The number of para-hydroxylation sites is 1. The predicted molar refractivity (Wildman–Crippen MR) is 169 cm³/mol. The van der Waals surface area contributed by atoms with E-state index in [1.165, 1.54) is 0 Å². The van der Waals surface area contributed by atoms with Gasteiger partial charge in [0.25, 0.3) is 6.01 Å². The van der Waals surface area contributed by atoms with Gasteiger partial charge in [0, 0.05) is 12.2 Å². The second-order valence-corrected chi connectivity index (χ2v) is 14.2. The largest absolute Gasteiger partial charge is 0.481 e. The molecule has 1 aromatic heterocycles. The van der Waals surface area contributed by atoms with Crippen LogP contribution >= 0.6 is 0 Å². The number of carbonyl (C=O) groups excluding carboxylic acids is 1. The van der Waals surface area contributed by atoms with E-state index in [-0.39, 0.29) is 48.8 Å². The van der Waals surface area contributed by atoms with E-state index < -0.39 is 27.1 Å². The molecule has 1 aliphatic heterocycles. The van der Waals surface area contributed by atoms with Crippen LogP contribution in [0.2, 0.25) is 0 Å². The molecule has 10 nitrogen and oxygen atoms in total. The van der Waals surface area contributed by atoms with Crippen molar-refractivity contribution < 1.29 is 32.3 Å². The maximum Gasteiger partial charge on any atom is 0.306 e. The van der Waals surface area contributed by atoms with Crippen molar-refractivity contribution in [1.82, 2.24) is 9.88 Å². The summed E-state index contributed by atoms with van der Waals surface area (Å²) in [7, 11) is -3.67. The molecule has 6 rings (SSSR count). The summed E-state index contributed by atoms with van der Waals surface area (Å²) in [6, 6.07) is 21.5. The van der Waals surface area contributed by atoms with Crippen LogP contribution in [0.4, 0.5) is 11.7 Å². The first-order valence-corrected chi connectivity index (χ1v) is 16.9. The number of fused-ring (bicyclic) bond motifs is 1. The monoisotopic (exact) mass is 631 g/mol. The third-order valence-electron chi connectivity index (χ3n) is 8.95. The van der Waals surface area contributed by atoms with E-state index in [9.17, 15) is 23.1 Å². The first-order valence-electron chi connectivity index (χ1n) is 15.3. The highest BCUT2D eigenvalue weighted by Crippen LogP contribution is 2.32. The number of amides is 1. The topological polar surface area (TPSA) is 139 Å². The number of aromatic nitrogens is 1. The average molecular weight is 632 g/mol. The summed E-state index contributed by atoms with van der Waals surface area (Å²) in [4.78, 5) is 31.5. The van der Waals surface area contributed by atoms with Crippen LogP contribution in [-0.2, 0) is 30.6 Å². The molecule has 2 aliphatic rings. The quantitative estimate of drug-likeness (QED) is 0.231. The van der Waals surface area contributed by atoms with E-state index in [0.29, 0.717) is 42.8 Å². The lowest BCUT2D eigenvalue weighted by Crippen LogP contribution is -2.40. The molecule has 1 saturated carbocycles. The Bertz CT molecular complexity index is 1780. The maximum absolute atomic E-state index is 13.8. The Labute approximate surface area is 262 Å². The molecule has 2 atom stereocenters. The number of ether oxygens (including phenoxy) is 1. The van der Waals surface area contributed by atoms with Gasteiger partial charge in [-0.15, -0.1) is 0 Å². The van der Waals surface area contributed by atoms with Crippen molar-refractivity contribution in [3.05, 3.63) is 83.9 Å². The van der Waals surface area contributed by atoms with Crippen molar-refractivity contribution in [3.63, 3.8) is 0 Å². The molecular weight excluding hydrogens is 594 g/mol. The van der Waals surface area contributed by atoms with Crippen molar-refractivity contribution in [2.24, 2.45) is 5.92 Å². The number of sulfone groups is 1. The Morgan fingerprint density at radius 1 is 1.02 bits per heavy atom. The van der Waals surface area contributed by atoms with Crippen LogP contribution in [0.5, 0.6) is 0 Å². The Kier molecular flexibility index (Phi) is 8.91. The number of rotatable bonds is 10. The number of benzene rings is 3. The molecule has 1 saturated heterocycles. The molecule has 236 valence electrons. The molecule has 11 heteroatoms. The summed E-state index contributed by atoms with van der Waals surface area (Å²) in [6.07, 6.45) is 2.56. The van der Waals surface area contributed by atoms with Crippen LogP contribution in [0.25, 0.3) is 11.1 Å². The van der Waals surface area contributed by atoms with E-state index in [1.54, 1.807) is 41.3 Å². The number of nitrogens with one attached hydrogen (secondary N) is 1. The summed E-state index contributed by atoms with van der Waals surface area (Å²) in [5, 5.41) is 11.8. The zero-order valence-corrected chi connectivity index (χ0v) is 25.9. The SMILES string of the molecule is Cc1ccccc1Nc1nc2ccc(CC(=O)N3C[C@@H](S(=O)(=O)c4ccccc4)C[C@H]3CO[C@H]3CC[C@H](C(=O)O)CC3)cc2o1. The van der Waals surface area contributed by atoms with Gasteiger partial charge in [-0.05, 0) is 80.5 Å². The molecule has 2 heterocycles. The Balaban J connectivity index is 1.17. The smallest absolute Gasteiger partial charge is 0.306 e. The number of carboxylic acid groups (broad SMARTS) is 1. The molecule has 3 aromatic carbocycles. The maximum atomic E-state index is 13.8. The van der Waals surface area contributed by atoms with Crippen molar-refractivity contribution in [2.75, 3.05) is 18.5 Å². The number of hydrogen-bond acceptors (Lipinski definition) is 8. The van der Waals surface area contributed by atoms with Crippen LogP contribution in [0.1, 0.15) is 43.2 Å². The summed E-state index contributed by atoms with van der Waals surface area (Å²) in [5.74, 6) is -1.33. The second kappa shape index (κ2) is 13.0. The van der Waals surface area contributed by atoms with E-state index in [0.717, 1.165) is 16.8 Å². The van der Waals surface area contributed by atoms with Gasteiger partial charge >= 0.3 is 5.97 Å². The van der Waals surface area contributed by atoms with Crippen molar-refractivity contribution in [3.8, 4) is 0 Å². The first kappa shape index (κ1) is 30.8. The van der Waals surface area contributed by atoms with E-state index in [4.69, 9.17) is 9.15 Å². The Morgan fingerprint density at radius 3 is 2.49 bits per heavy atom. The molecule has 1 amide bonds. The number of nitrogens with zero attached hydrogens (tertiary/aromatic N) is 2. The summed E-state index contributed by atoms with van der Waals surface area (Å²) in [6.45, 7) is 2.26. The van der Waals surface area contributed by atoms with Gasteiger partial charge in [-0.2, -0.15) is 4.98 Å². The van der Waals surface area contributed by atoms with Crippen LogP contribution in [0.15, 0.2) is 82.1 Å². The molecule has 1 aliphatic carbocycles. The van der Waals surface area contributed by atoms with Crippen molar-refractivity contribution in [1.29, 1.82) is 0 Å². The zero-order chi connectivity index (χ0) is 31.6. The number of aryl methyl sites for hydroxylation is 1. The lowest BCUT2D eigenvalue weighted by atomic mass is 9.87.